The summed E-state index contributed by atoms with van der Waals surface area (Å²) < 4.78 is 21.1. The van der Waals surface area contributed by atoms with Gasteiger partial charge in [-0.2, -0.15) is 0 Å². The second-order valence-corrected chi connectivity index (χ2v) is 9.09. The van der Waals surface area contributed by atoms with Gasteiger partial charge >= 0.3 is 0 Å². The number of aryl methyl sites for hydroxylation is 1. The highest BCUT2D eigenvalue weighted by molar-refractivity contribution is 6.17. The number of rotatable bonds is 2. The third-order valence-corrected chi connectivity index (χ3v) is 7.06. The summed E-state index contributed by atoms with van der Waals surface area (Å²) in [5.74, 6) is -0.0664. The summed E-state index contributed by atoms with van der Waals surface area (Å²) in [6.45, 7) is 6.20. The number of hydrogen-bond acceptors (Lipinski definition) is 4. The van der Waals surface area contributed by atoms with Gasteiger partial charge in [0.1, 0.15) is 17.7 Å². The van der Waals surface area contributed by atoms with Crippen LogP contribution < -0.4 is 4.90 Å². The van der Waals surface area contributed by atoms with E-state index < -0.39 is 17.8 Å². The minimum atomic E-state index is -0.888. The molecule has 5 atom stereocenters. The molecule has 0 radical (unpaired) electrons. The molecule has 5 nitrogen and oxygen atoms in total. The summed E-state index contributed by atoms with van der Waals surface area (Å²) in [4.78, 5) is 33.0. The minimum Gasteiger partial charge on any atom is -0.483 e. The molecule has 2 aliphatic heterocycles. The number of Topliss-reactive ketones (excluding diaryl/α,β-unsaturated/α-hetero) is 1. The van der Waals surface area contributed by atoms with Gasteiger partial charge in [-0.25, -0.2) is 9.37 Å². The van der Waals surface area contributed by atoms with Crippen molar-refractivity contribution in [3.05, 3.63) is 70.9 Å². The molecule has 3 heterocycles. The first-order chi connectivity index (χ1) is 14.9. The number of amides is 1. The van der Waals surface area contributed by atoms with Crippen LogP contribution in [0.25, 0.3) is 0 Å². The van der Waals surface area contributed by atoms with Gasteiger partial charge in [0.05, 0.1) is 17.5 Å². The topological polar surface area (TPSA) is 59.5 Å². The zero-order chi connectivity index (χ0) is 21.9. The molecule has 5 unspecified atom stereocenters. The van der Waals surface area contributed by atoms with Crippen molar-refractivity contribution in [2.45, 2.75) is 45.8 Å². The third kappa shape index (κ3) is 3.08. The van der Waals surface area contributed by atoms with Crippen molar-refractivity contribution >= 4 is 17.5 Å². The van der Waals surface area contributed by atoms with E-state index in [9.17, 15) is 14.0 Å². The molecule has 1 fully saturated rings. The Bertz CT molecular complexity index is 1110. The molecule has 1 aromatic heterocycles. The Kier molecular flexibility index (Phi) is 4.68. The molecule has 1 aromatic carbocycles. The van der Waals surface area contributed by atoms with Crippen LogP contribution in [0.15, 0.2) is 53.9 Å². The molecule has 0 spiro atoms. The van der Waals surface area contributed by atoms with Crippen LogP contribution in [0, 0.1) is 30.5 Å². The van der Waals surface area contributed by atoms with Crippen LogP contribution in [0.3, 0.4) is 0 Å². The van der Waals surface area contributed by atoms with E-state index in [1.807, 2.05) is 13.0 Å². The smallest absolute Gasteiger partial charge is 0.295 e. The lowest BCUT2D eigenvalue weighted by Gasteiger charge is -2.40. The number of halogens is 1. The lowest BCUT2D eigenvalue weighted by Crippen LogP contribution is -2.43. The molecule has 0 N–H and O–H groups in total. The molecule has 1 saturated carbocycles. The lowest BCUT2D eigenvalue weighted by atomic mass is 9.70. The Labute approximate surface area is 180 Å². The van der Waals surface area contributed by atoms with Gasteiger partial charge in [0, 0.05) is 11.8 Å². The van der Waals surface area contributed by atoms with E-state index in [-0.39, 0.29) is 34.7 Å². The van der Waals surface area contributed by atoms with Gasteiger partial charge in [-0.3, -0.25) is 14.5 Å². The largest absolute Gasteiger partial charge is 0.483 e. The number of nitrogens with zero attached hydrogens (tertiary/aromatic N) is 2. The zero-order valence-corrected chi connectivity index (χ0v) is 17.8. The van der Waals surface area contributed by atoms with Crippen molar-refractivity contribution in [2.24, 2.45) is 17.8 Å². The monoisotopic (exact) mass is 420 g/mol. The van der Waals surface area contributed by atoms with E-state index in [1.54, 1.807) is 30.5 Å². The van der Waals surface area contributed by atoms with Crippen molar-refractivity contribution in [3.8, 4) is 0 Å². The summed E-state index contributed by atoms with van der Waals surface area (Å²) in [5, 5.41) is 0. The van der Waals surface area contributed by atoms with Gasteiger partial charge in [-0.15, -0.1) is 0 Å². The molecule has 31 heavy (non-hydrogen) atoms. The first kappa shape index (κ1) is 19.9. The lowest BCUT2D eigenvalue weighted by molar-refractivity contribution is -0.134. The Hall–Kier alpha value is -3.02. The number of aromatic nitrogens is 1. The minimum absolute atomic E-state index is 0.0598. The molecule has 5 rings (SSSR count). The zero-order valence-electron chi connectivity index (χ0n) is 17.8. The Morgan fingerprint density at radius 3 is 2.58 bits per heavy atom. The maximum atomic E-state index is 14.9. The fourth-order valence-electron chi connectivity index (χ4n) is 5.14. The number of carbonyl (C=O) groups is 2. The Balaban J connectivity index is 1.66. The fraction of sp³-hybridized carbons (Fsp3) is 0.400. The van der Waals surface area contributed by atoms with Crippen LogP contribution in [-0.2, 0) is 14.3 Å². The average Bonchev–Trinajstić information content (AvgIpc) is 3.02. The van der Waals surface area contributed by atoms with E-state index in [4.69, 9.17) is 4.74 Å². The SMILES string of the molecule is Cc1ccnc(N2C(=O)C3=C(C(=O)C4CC(C)C(C)CC4O3)C2c2ccccc2F)c1. The number of hydrogen-bond donors (Lipinski definition) is 0. The van der Waals surface area contributed by atoms with Gasteiger partial charge in [-0.05, 0) is 55.4 Å². The fourth-order valence-corrected chi connectivity index (χ4v) is 5.14. The molecule has 1 amide bonds. The molecule has 0 bridgehead atoms. The third-order valence-electron chi connectivity index (χ3n) is 7.06. The van der Waals surface area contributed by atoms with Crippen molar-refractivity contribution in [1.82, 2.24) is 4.98 Å². The maximum Gasteiger partial charge on any atom is 0.295 e. The van der Waals surface area contributed by atoms with E-state index in [2.05, 4.69) is 18.8 Å². The first-order valence-electron chi connectivity index (χ1n) is 10.8. The van der Waals surface area contributed by atoms with Crippen LogP contribution in [0.1, 0.15) is 43.9 Å². The number of benzene rings is 1. The van der Waals surface area contributed by atoms with Crippen LogP contribution >= 0.6 is 0 Å². The molecular weight excluding hydrogens is 395 g/mol. The van der Waals surface area contributed by atoms with E-state index in [0.717, 1.165) is 12.0 Å². The molecular formula is C25H25FN2O3. The second-order valence-electron chi connectivity index (χ2n) is 9.09. The predicted octanol–water partition coefficient (Wildman–Crippen LogP) is 4.52. The van der Waals surface area contributed by atoms with Gasteiger partial charge in [-0.1, -0.05) is 32.0 Å². The van der Waals surface area contributed by atoms with Gasteiger partial charge < -0.3 is 4.74 Å². The van der Waals surface area contributed by atoms with Gasteiger partial charge in [0.15, 0.2) is 11.5 Å². The van der Waals surface area contributed by atoms with Crippen LogP contribution in [0.4, 0.5) is 10.2 Å². The van der Waals surface area contributed by atoms with Crippen molar-refractivity contribution in [1.29, 1.82) is 0 Å². The van der Waals surface area contributed by atoms with Crippen molar-refractivity contribution < 1.29 is 18.7 Å². The molecule has 1 aliphatic carbocycles. The standard InChI is InChI=1S/C25H25FN2O3/c1-13-8-9-27-20(10-13)28-22(16-6-4-5-7-18(16)26)21-23(29)17-11-14(2)15(3)12-19(17)31-24(21)25(28)30/h4-10,14-15,17,19,22H,11-12H2,1-3H3. The Morgan fingerprint density at radius 1 is 1.10 bits per heavy atom. The summed E-state index contributed by atoms with van der Waals surface area (Å²) in [6.07, 6.45) is 2.74. The average molecular weight is 420 g/mol. The Morgan fingerprint density at radius 2 is 1.84 bits per heavy atom. The summed E-state index contributed by atoms with van der Waals surface area (Å²) >= 11 is 0. The van der Waals surface area contributed by atoms with E-state index in [1.165, 1.54) is 11.0 Å². The number of pyridine rings is 1. The normalized spacial score (nSPS) is 30.2. The number of fused-ring (bicyclic) bond motifs is 1. The summed E-state index contributed by atoms with van der Waals surface area (Å²) in [5.41, 5.74) is 1.46. The molecule has 160 valence electrons. The summed E-state index contributed by atoms with van der Waals surface area (Å²) in [6, 6.07) is 8.99. The quantitative estimate of drug-likeness (QED) is 0.717. The number of ketones is 1. The van der Waals surface area contributed by atoms with Crippen LogP contribution in [0.5, 0.6) is 0 Å². The molecule has 3 aliphatic rings. The first-order valence-corrected chi connectivity index (χ1v) is 10.8. The van der Waals surface area contributed by atoms with Crippen LogP contribution in [0.2, 0.25) is 0 Å². The van der Waals surface area contributed by atoms with Crippen LogP contribution in [-0.4, -0.2) is 22.8 Å². The molecule has 6 heteroatoms. The number of carbonyl (C=O) groups excluding carboxylic acids is 2. The second kappa shape index (κ2) is 7.29. The molecule has 0 saturated heterocycles. The number of anilines is 1. The highest BCUT2D eigenvalue weighted by atomic mass is 19.1. The predicted molar refractivity (Wildman–Crippen MR) is 114 cm³/mol. The maximum absolute atomic E-state index is 14.9. The van der Waals surface area contributed by atoms with Gasteiger partial charge in [0.25, 0.3) is 5.91 Å². The summed E-state index contributed by atoms with van der Waals surface area (Å²) in [7, 11) is 0. The van der Waals surface area contributed by atoms with E-state index in [0.29, 0.717) is 24.1 Å². The highest BCUT2D eigenvalue weighted by Gasteiger charge is 2.54. The van der Waals surface area contributed by atoms with E-state index >= 15 is 0 Å². The van der Waals surface area contributed by atoms with Crippen molar-refractivity contribution in [2.75, 3.05) is 4.90 Å². The van der Waals surface area contributed by atoms with Crippen molar-refractivity contribution in [3.63, 3.8) is 0 Å². The molecule has 2 aromatic rings. The van der Waals surface area contributed by atoms with Gasteiger partial charge in [0.2, 0.25) is 0 Å². The number of ether oxygens (including phenoxy) is 1. The highest BCUT2D eigenvalue weighted by Crippen LogP contribution is 2.49.